The molecule has 25 heavy (non-hydrogen) atoms. The Morgan fingerprint density at radius 1 is 1.00 bits per heavy atom. The highest BCUT2D eigenvalue weighted by Crippen LogP contribution is 2.14. The molecule has 1 aliphatic heterocycles. The van der Waals surface area contributed by atoms with Gasteiger partial charge >= 0.3 is 0 Å². The Hall–Kier alpha value is -0.850. The van der Waals surface area contributed by atoms with Crippen LogP contribution in [0.15, 0.2) is 4.99 Å². The van der Waals surface area contributed by atoms with Gasteiger partial charge in [-0.2, -0.15) is 0 Å². The topological polar surface area (TPSA) is 58.1 Å². The van der Waals surface area contributed by atoms with Crippen LogP contribution in [0.1, 0.15) is 52.9 Å². The minimum Gasteiger partial charge on any atom is -0.379 e. The lowest BCUT2D eigenvalue weighted by atomic mass is 10.2. The molecule has 0 bridgehead atoms. The smallest absolute Gasteiger partial charge is 0.191 e. The third kappa shape index (κ3) is 10.7. The number of likely N-dealkylation sites (tertiary alicyclic amines) is 1. The molecular formula is C19H40N4O2. The molecule has 0 saturated carbocycles. The van der Waals surface area contributed by atoms with Gasteiger partial charge < -0.3 is 20.1 Å². The number of hydrogen-bond donors (Lipinski definition) is 2. The second-order valence-corrected chi connectivity index (χ2v) is 6.53. The summed E-state index contributed by atoms with van der Waals surface area (Å²) >= 11 is 0. The number of nitrogens with zero attached hydrogens (tertiary/aromatic N) is 2. The van der Waals surface area contributed by atoms with Gasteiger partial charge in [0.05, 0.1) is 26.4 Å². The lowest BCUT2D eigenvalue weighted by molar-refractivity contribution is 0.0487. The van der Waals surface area contributed by atoms with E-state index in [4.69, 9.17) is 14.5 Å². The minimum absolute atomic E-state index is 0.564. The van der Waals surface area contributed by atoms with Gasteiger partial charge in [-0.25, -0.2) is 0 Å². The molecule has 1 saturated heterocycles. The summed E-state index contributed by atoms with van der Waals surface area (Å²) in [6, 6.07) is 0.564. The normalized spacial score (nSPS) is 17.0. The van der Waals surface area contributed by atoms with Crippen molar-refractivity contribution in [3.05, 3.63) is 0 Å². The van der Waals surface area contributed by atoms with E-state index < -0.39 is 0 Å². The maximum absolute atomic E-state index is 5.59. The molecule has 6 heteroatoms. The Kier molecular flexibility index (Phi) is 13.7. The lowest BCUT2D eigenvalue weighted by Gasteiger charge is -2.25. The molecule has 1 aliphatic rings. The van der Waals surface area contributed by atoms with E-state index in [-0.39, 0.29) is 0 Å². The first-order valence-corrected chi connectivity index (χ1v) is 10.2. The number of guanidine groups is 1. The van der Waals surface area contributed by atoms with Crippen molar-refractivity contribution in [1.82, 2.24) is 15.5 Å². The summed E-state index contributed by atoms with van der Waals surface area (Å²) in [6.07, 6.45) is 6.12. The van der Waals surface area contributed by atoms with Crippen LogP contribution in [0.25, 0.3) is 0 Å². The molecule has 0 aromatic rings. The first kappa shape index (κ1) is 22.2. The van der Waals surface area contributed by atoms with E-state index in [1.807, 2.05) is 0 Å². The molecule has 1 heterocycles. The highest BCUT2D eigenvalue weighted by atomic mass is 16.5. The van der Waals surface area contributed by atoms with Gasteiger partial charge in [-0.1, -0.05) is 20.3 Å². The van der Waals surface area contributed by atoms with E-state index in [1.54, 1.807) is 0 Å². The van der Waals surface area contributed by atoms with Crippen molar-refractivity contribution >= 4 is 5.96 Å². The van der Waals surface area contributed by atoms with Crippen molar-refractivity contribution < 1.29 is 9.47 Å². The van der Waals surface area contributed by atoms with Crippen molar-refractivity contribution in [3.63, 3.8) is 0 Å². The van der Waals surface area contributed by atoms with Crippen molar-refractivity contribution in [2.24, 2.45) is 4.99 Å². The molecule has 0 aromatic heterocycles. The molecule has 148 valence electrons. The van der Waals surface area contributed by atoms with Gasteiger partial charge in [0.25, 0.3) is 0 Å². The monoisotopic (exact) mass is 356 g/mol. The molecule has 0 aromatic carbocycles. The molecule has 1 unspecified atom stereocenters. The van der Waals surface area contributed by atoms with Gasteiger partial charge in [0.1, 0.15) is 0 Å². The predicted octanol–water partition coefficient (Wildman–Crippen LogP) is 2.25. The van der Waals surface area contributed by atoms with Crippen LogP contribution in [0.5, 0.6) is 0 Å². The number of rotatable bonds is 14. The van der Waals surface area contributed by atoms with Crippen LogP contribution >= 0.6 is 0 Å². The van der Waals surface area contributed by atoms with Crippen molar-refractivity contribution in [3.8, 4) is 0 Å². The second-order valence-electron chi connectivity index (χ2n) is 6.53. The first-order chi connectivity index (χ1) is 12.3. The number of hydrogen-bond acceptors (Lipinski definition) is 4. The zero-order valence-corrected chi connectivity index (χ0v) is 16.7. The zero-order valence-electron chi connectivity index (χ0n) is 16.7. The fourth-order valence-corrected chi connectivity index (χ4v) is 2.96. The Labute approximate surface area is 154 Å². The molecule has 1 rings (SSSR count). The fraction of sp³-hybridized carbons (Fsp3) is 0.947. The standard InChI is InChI=1S/C19H40N4O2/c1-4-7-13-24-15-16-25-14-10-21-19(20-6-3)22-17-18(5-2)23-11-8-9-12-23/h18H,4-17H2,1-3H3,(H2,20,21,22). The third-order valence-corrected chi connectivity index (χ3v) is 4.49. The Balaban J connectivity index is 2.17. The van der Waals surface area contributed by atoms with Gasteiger partial charge in [-0.15, -0.1) is 0 Å². The van der Waals surface area contributed by atoms with Crippen molar-refractivity contribution in [2.75, 3.05) is 59.2 Å². The summed E-state index contributed by atoms with van der Waals surface area (Å²) in [4.78, 5) is 7.35. The second kappa shape index (κ2) is 15.4. The van der Waals surface area contributed by atoms with Gasteiger partial charge in [-0.3, -0.25) is 9.89 Å². The van der Waals surface area contributed by atoms with E-state index >= 15 is 0 Å². The summed E-state index contributed by atoms with van der Waals surface area (Å²) in [6.45, 7) is 14.3. The molecule has 1 fully saturated rings. The first-order valence-electron chi connectivity index (χ1n) is 10.2. The SMILES string of the molecule is CCCCOCCOCCNC(=NCC(CC)N1CCCC1)NCC. The van der Waals surface area contributed by atoms with E-state index in [9.17, 15) is 0 Å². The molecular weight excluding hydrogens is 316 g/mol. The third-order valence-electron chi connectivity index (χ3n) is 4.49. The number of ether oxygens (including phenoxy) is 2. The summed E-state index contributed by atoms with van der Waals surface area (Å²) in [5.41, 5.74) is 0. The van der Waals surface area contributed by atoms with E-state index in [0.717, 1.165) is 45.0 Å². The quantitative estimate of drug-likeness (QED) is 0.284. The van der Waals surface area contributed by atoms with Crippen LogP contribution in [0.2, 0.25) is 0 Å². The van der Waals surface area contributed by atoms with Crippen LogP contribution in [0, 0.1) is 0 Å². The van der Waals surface area contributed by atoms with Gasteiger partial charge in [0, 0.05) is 25.7 Å². The van der Waals surface area contributed by atoms with Gasteiger partial charge in [-0.05, 0) is 45.7 Å². The number of unbranched alkanes of at least 4 members (excludes halogenated alkanes) is 1. The Bertz CT molecular complexity index is 333. The summed E-state index contributed by atoms with van der Waals surface area (Å²) < 4.78 is 11.1. The summed E-state index contributed by atoms with van der Waals surface area (Å²) in [7, 11) is 0. The maximum Gasteiger partial charge on any atom is 0.191 e. The Morgan fingerprint density at radius 3 is 2.36 bits per heavy atom. The van der Waals surface area contributed by atoms with E-state index in [0.29, 0.717) is 25.9 Å². The fourth-order valence-electron chi connectivity index (χ4n) is 2.96. The minimum atomic E-state index is 0.564. The van der Waals surface area contributed by atoms with E-state index in [1.165, 1.54) is 32.4 Å². The lowest BCUT2D eigenvalue weighted by Crippen LogP contribution is -2.41. The zero-order chi connectivity index (χ0) is 18.2. The molecule has 0 radical (unpaired) electrons. The summed E-state index contributed by atoms with van der Waals surface area (Å²) in [5, 5.41) is 6.67. The van der Waals surface area contributed by atoms with Crippen LogP contribution in [0.3, 0.4) is 0 Å². The molecule has 0 spiro atoms. The van der Waals surface area contributed by atoms with E-state index in [2.05, 4.69) is 36.3 Å². The van der Waals surface area contributed by atoms with Gasteiger partial charge in [0.2, 0.25) is 0 Å². The number of aliphatic imine (C=N–C) groups is 1. The van der Waals surface area contributed by atoms with Gasteiger partial charge in [0.15, 0.2) is 5.96 Å². The Morgan fingerprint density at radius 2 is 1.72 bits per heavy atom. The maximum atomic E-state index is 5.59. The van der Waals surface area contributed by atoms with Crippen LogP contribution in [-0.2, 0) is 9.47 Å². The number of nitrogens with one attached hydrogen (secondary N) is 2. The average molecular weight is 357 g/mol. The molecule has 0 aliphatic carbocycles. The van der Waals surface area contributed by atoms with Crippen molar-refractivity contribution in [2.45, 2.75) is 58.9 Å². The predicted molar refractivity (Wildman–Crippen MR) is 105 cm³/mol. The van der Waals surface area contributed by atoms with Crippen molar-refractivity contribution in [1.29, 1.82) is 0 Å². The summed E-state index contributed by atoms with van der Waals surface area (Å²) in [5.74, 6) is 0.892. The van der Waals surface area contributed by atoms with Crippen LogP contribution < -0.4 is 10.6 Å². The molecule has 1 atom stereocenters. The molecule has 6 nitrogen and oxygen atoms in total. The average Bonchev–Trinajstić information content (AvgIpc) is 3.15. The molecule has 0 amide bonds. The van der Waals surface area contributed by atoms with Crippen LogP contribution in [0.4, 0.5) is 0 Å². The highest BCUT2D eigenvalue weighted by Gasteiger charge is 2.19. The van der Waals surface area contributed by atoms with Crippen LogP contribution in [-0.4, -0.2) is 76.1 Å². The largest absolute Gasteiger partial charge is 0.379 e. The highest BCUT2D eigenvalue weighted by molar-refractivity contribution is 5.79. The molecule has 2 N–H and O–H groups in total.